The van der Waals surface area contributed by atoms with E-state index in [2.05, 4.69) is 11.9 Å². The average molecular weight is 328 g/mol. The van der Waals surface area contributed by atoms with Crippen molar-refractivity contribution in [1.82, 2.24) is 5.32 Å². The summed E-state index contributed by atoms with van der Waals surface area (Å²) in [7, 11) is 0. The van der Waals surface area contributed by atoms with Gasteiger partial charge in [-0.3, -0.25) is 4.79 Å². The SMILES string of the molecule is C=CCOC1(CC)NC(=O)N(c2cccc(C(F)(F)F)c2)C1=O. The third-order valence-electron chi connectivity index (χ3n) is 3.44. The van der Waals surface area contributed by atoms with E-state index in [4.69, 9.17) is 4.74 Å². The van der Waals surface area contributed by atoms with E-state index in [1.165, 1.54) is 12.1 Å². The smallest absolute Gasteiger partial charge is 0.343 e. The summed E-state index contributed by atoms with van der Waals surface area (Å²) in [6, 6.07) is 3.17. The van der Waals surface area contributed by atoms with Gasteiger partial charge in [-0.2, -0.15) is 13.2 Å². The standard InChI is InChI=1S/C15H15F3N2O3/c1-3-8-23-14(4-2)12(21)20(13(22)19-14)11-7-5-6-10(9-11)15(16,17)18/h3,5-7,9H,1,4,8H2,2H3,(H,19,22). The summed E-state index contributed by atoms with van der Waals surface area (Å²) in [5, 5.41) is 2.39. The van der Waals surface area contributed by atoms with Crippen LogP contribution in [-0.4, -0.2) is 24.3 Å². The maximum atomic E-state index is 12.8. The minimum Gasteiger partial charge on any atom is -0.343 e. The maximum absolute atomic E-state index is 12.8. The van der Waals surface area contributed by atoms with Gasteiger partial charge in [-0.25, -0.2) is 9.69 Å². The van der Waals surface area contributed by atoms with Gasteiger partial charge in [0.2, 0.25) is 5.72 Å². The van der Waals surface area contributed by atoms with Gasteiger partial charge in [-0.15, -0.1) is 6.58 Å². The zero-order valence-corrected chi connectivity index (χ0v) is 12.3. The summed E-state index contributed by atoms with van der Waals surface area (Å²) in [4.78, 5) is 25.3. The van der Waals surface area contributed by atoms with Crippen LogP contribution in [-0.2, 0) is 15.7 Å². The second-order valence-corrected chi connectivity index (χ2v) is 4.90. The van der Waals surface area contributed by atoms with Crippen LogP contribution in [0.1, 0.15) is 18.9 Å². The molecule has 3 amide bonds. The molecule has 1 aliphatic rings. The number of carbonyl (C=O) groups excluding carboxylic acids is 2. The van der Waals surface area contributed by atoms with Crippen LogP contribution in [0.5, 0.6) is 0 Å². The summed E-state index contributed by atoms with van der Waals surface area (Å²) in [5.74, 6) is -0.758. The highest BCUT2D eigenvalue weighted by Crippen LogP contribution is 2.34. The van der Waals surface area contributed by atoms with Crippen molar-refractivity contribution in [2.24, 2.45) is 0 Å². The molecule has 0 spiro atoms. The van der Waals surface area contributed by atoms with Crippen molar-refractivity contribution in [3.63, 3.8) is 0 Å². The quantitative estimate of drug-likeness (QED) is 0.667. The summed E-state index contributed by atoms with van der Waals surface area (Å²) in [6.07, 6.45) is -3.04. The number of urea groups is 1. The van der Waals surface area contributed by atoms with Gasteiger partial charge in [0.15, 0.2) is 0 Å². The molecule has 23 heavy (non-hydrogen) atoms. The molecule has 0 bridgehead atoms. The number of hydrogen-bond donors (Lipinski definition) is 1. The number of carbonyl (C=O) groups is 2. The van der Waals surface area contributed by atoms with Crippen LogP contribution < -0.4 is 10.2 Å². The summed E-state index contributed by atoms with van der Waals surface area (Å²) in [6.45, 7) is 5.09. The van der Waals surface area contributed by atoms with Crippen molar-refractivity contribution in [2.75, 3.05) is 11.5 Å². The number of anilines is 1. The van der Waals surface area contributed by atoms with Crippen LogP contribution in [0.15, 0.2) is 36.9 Å². The molecule has 5 nitrogen and oxygen atoms in total. The number of alkyl halides is 3. The van der Waals surface area contributed by atoms with Crippen LogP contribution in [0.3, 0.4) is 0 Å². The lowest BCUT2D eigenvalue weighted by molar-refractivity contribution is -0.141. The number of ether oxygens (including phenoxy) is 1. The maximum Gasteiger partial charge on any atom is 0.416 e. The van der Waals surface area contributed by atoms with Gasteiger partial charge in [0, 0.05) is 6.42 Å². The fourth-order valence-electron chi connectivity index (χ4n) is 2.25. The largest absolute Gasteiger partial charge is 0.416 e. The van der Waals surface area contributed by atoms with Gasteiger partial charge < -0.3 is 10.1 Å². The Morgan fingerprint density at radius 2 is 2.09 bits per heavy atom. The van der Waals surface area contributed by atoms with E-state index in [-0.39, 0.29) is 18.7 Å². The molecule has 1 atom stereocenters. The Kier molecular flexibility index (Phi) is 4.46. The summed E-state index contributed by atoms with van der Waals surface area (Å²) in [5.41, 5.74) is -2.71. The van der Waals surface area contributed by atoms with Crippen molar-refractivity contribution in [3.8, 4) is 0 Å². The van der Waals surface area contributed by atoms with E-state index in [1.54, 1.807) is 6.92 Å². The summed E-state index contributed by atoms with van der Waals surface area (Å²) < 4.78 is 43.7. The average Bonchev–Trinajstić information content (AvgIpc) is 2.75. The molecule has 8 heteroatoms. The van der Waals surface area contributed by atoms with E-state index in [1.807, 2.05) is 0 Å². The molecular weight excluding hydrogens is 313 g/mol. The fraction of sp³-hybridized carbons (Fsp3) is 0.333. The number of nitrogens with one attached hydrogen (secondary N) is 1. The highest BCUT2D eigenvalue weighted by atomic mass is 19.4. The molecule has 0 aliphatic carbocycles. The Labute approximate surface area is 130 Å². The Bertz CT molecular complexity index is 645. The fourth-order valence-corrected chi connectivity index (χ4v) is 2.25. The van der Waals surface area contributed by atoms with E-state index in [0.717, 1.165) is 18.2 Å². The predicted octanol–water partition coefficient (Wildman–Crippen LogP) is 3.07. The number of benzene rings is 1. The molecule has 1 fully saturated rings. The first-order chi connectivity index (χ1) is 10.7. The van der Waals surface area contributed by atoms with E-state index in [0.29, 0.717) is 4.90 Å². The minimum absolute atomic E-state index is 0.0102. The molecule has 0 radical (unpaired) electrons. The number of halogens is 3. The van der Waals surface area contributed by atoms with E-state index in [9.17, 15) is 22.8 Å². The molecule has 124 valence electrons. The monoisotopic (exact) mass is 328 g/mol. The first kappa shape index (κ1) is 17.0. The third-order valence-corrected chi connectivity index (χ3v) is 3.44. The molecule has 1 aromatic carbocycles. The van der Waals surface area contributed by atoms with Crippen molar-refractivity contribution < 1.29 is 27.5 Å². The zero-order valence-electron chi connectivity index (χ0n) is 12.3. The highest BCUT2D eigenvalue weighted by molar-refractivity contribution is 6.22. The normalized spacial score (nSPS) is 21.5. The number of nitrogens with zero attached hydrogens (tertiary/aromatic N) is 1. The van der Waals surface area contributed by atoms with Crippen molar-refractivity contribution in [2.45, 2.75) is 25.2 Å². The molecule has 1 aromatic rings. The molecule has 1 unspecified atom stereocenters. The Morgan fingerprint density at radius 3 is 2.65 bits per heavy atom. The zero-order chi connectivity index (χ0) is 17.3. The minimum atomic E-state index is -4.57. The second-order valence-electron chi connectivity index (χ2n) is 4.90. The van der Waals surface area contributed by atoms with E-state index >= 15 is 0 Å². The van der Waals surface area contributed by atoms with Gasteiger partial charge in [-0.1, -0.05) is 19.1 Å². The van der Waals surface area contributed by atoms with Crippen LogP contribution in [0.4, 0.5) is 23.7 Å². The molecule has 0 saturated carbocycles. The number of imide groups is 1. The van der Waals surface area contributed by atoms with Crippen LogP contribution in [0.25, 0.3) is 0 Å². The topological polar surface area (TPSA) is 58.6 Å². The van der Waals surface area contributed by atoms with Crippen molar-refractivity contribution in [3.05, 3.63) is 42.5 Å². The number of amides is 3. The van der Waals surface area contributed by atoms with Gasteiger partial charge in [0.1, 0.15) is 0 Å². The van der Waals surface area contributed by atoms with Gasteiger partial charge in [-0.05, 0) is 18.2 Å². The number of rotatable bonds is 5. The first-order valence-electron chi connectivity index (χ1n) is 6.84. The van der Waals surface area contributed by atoms with Gasteiger partial charge >= 0.3 is 12.2 Å². The molecule has 1 aliphatic heterocycles. The molecule has 1 saturated heterocycles. The molecular formula is C15H15F3N2O3. The van der Waals surface area contributed by atoms with Crippen molar-refractivity contribution >= 4 is 17.6 Å². The van der Waals surface area contributed by atoms with Gasteiger partial charge in [0.25, 0.3) is 5.91 Å². The van der Waals surface area contributed by atoms with Gasteiger partial charge in [0.05, 0.1) is 17.9 Å². The molecule has 1 N–H and O–H groups in total. The molecule has 2 rings (SSSR count). The Hall–Kier alpha value is -2.35. The lowest BCUT2D eigenvalue weighted by Gasteiger charge is -2.24. The second kappa shape index (κ2) is 6.04. The van der Waals surface area contributed by atoms with Crippen LogP contribution >= 0.6 is 0 Å². The molecule has 1 heterocycles. The lowest BCUT2D eigenvalue weighted by Crippen LogP contribution is -2.49. The van der Waals surface area contributed by atoms with Crippen LogP contribution in [0, 0.1) is 0 Å². The molecule has 0 aromatic heterocycles. The van der Waals surface area contributed by atoms with E-state index < -0.39 is 29.4 Å². The number of hydrogen-bond acceptors (Lipinski definition) is 3. The lowest BCUT2D eigenvalue weighted by atomic mass is 10.1. The first-order valence-corrected chi connectivity index (χ1v) is 6.84. The van der Waals surface area contributed by atoms with Crippen molar-refractivity contribution in [1.29, 1.82) is 0 Å². The predicted molar refractivity (Wildman–Crippen MR) is 76.6 cm³/mol. The Balaban J connectivity index is 2.39. The Morgan fingerprint density at radius 1 is 1.39 bits per heavy atom. The highest BCUT2D eigenvalue weighted by Gasteiger charge is 2.52. The summed E-state index contributed by atoms with van der Waals surface area (Å²) >= 11 is 0. The third kappa shape index (κ3) is 3.07. The van der Waals surface area contributed by atoms with Crippen LogP contribution in [0.2, 0.25) is 0 Å².